The van der Waals surface area contributed by atoms with Gasteiger partial charge < -0.3 is 4.74 Å². The molecule has 2 aliphatic rings. The van der Waals surface area contributed by atoms with Crippen LogP contribution in [-0.2, 0) is 16.1 Å². The molecule has 0 spiro atoms. The van der Waals surface area contributed by atoms with Crippen molar-refractivity contribution in [2.75, 3.05) is 6.54 Å². The molecule has 4 nitrogen and oxygen atoms in total. The fraction of sp³-hybridized carbons (Fsp3) is 0.333. The lowest BCUT2D eigenvalue weighted by Crippen LogP contribution is -2.60. The van der Waals surface area contributed by atoms with Gasteiger partial charge in [0.1, 0.15) is 5.75 Å². The average molecular weight is 257 g/mol. The molecule has 2 heterocycles. The first-order valence-electron chi connectivity index (χ1n) is 6.36. The number of carbonyl (C=O) groups excluding carboxylic acids is 2. The van der Waals surface area contributed by atoms with E-state index in [1.165, 1.54) is 6.92 Å². The molecule has 98 valence electrons. The molecule has 0 radical (unpaired) electrons. The first-order chi connectivity index (χ1) is 9.14. The smallest absolute Gasteiger partial charge is 0.340 e. The topological polar surface area (TPSA) is 46.6 Å². The zero-order valence-electron chi connectivity index (χ0n) is 10.8. The second kappa shape index (κ2) is 4.31. The van der Waals surface area contributed by atoms with E-state index in [1.54, 1.807) is 6.07 Å². The van der Waals surface area contributed by atoms with Crippen molar-refractivity contribution >= 4 is 11.8 Å². The lowest BCUT2D eigenvalue weighted by molar-refractivity contribution is -0.154. The number of nitrogens with zero attached hydrogens (tertiary/aromatic N) is 1. The van der Waals surface area contributed by atoms with Gasteiger partial charge in [-0.2, -0.15) is 0 Å². The minimum absolute atomic E-state index is 0.158. The van der Waals surface area contributed by atoms with Crippen LogP contribution in [0, 0.1) is 0 Å². The number of carbonyl (C=O) groups is 2. The van der Waals surface area contributed by atoms with Gasteiger partial charge in [-0.05, 0) is 13.0 Å². The number of benzene rings is 1. The molecule has 3 rings (SSSR count). The maximum absolute atomic E-state index is 12.5. The van der Waals surface area contributed by atoms with E-state index in [0.717, 1.165) is 5.56 Å². The predicted octanol–water partition coefficient (Wildman–Crippen LogP) is 1.70. The van der Waals surface area contributed by atoms with Gasteiger partial charge in [0, 0.05) is 25.1 Å². The average Bonchev–Trinajstić information content (AvgIpc) is 2.53. The van der Waals surface area contributed by atoms with Crippen LogP contribution >= 0.6 is 0 Å². The molecule has 0 aliphatic carbocycles. The Morgan fingerprint density at radius 2 is 2.11 bits per heavy atom. The van der Waals surface area contributed by atoms with Gasteiger partial charge in [-0.15, -0.1) is 0 Å². The molecular weight excluding hydrogens is 242 g/mol. The summed E-state index contributed by atoms with van der Waals surface area (Å²) in [5.41, 5.74) is -0.220. The Labute approximate surface area is 111 Å². The zero-order chi connectivity index (χ0) is 13.5. The molecule has 1 unspecified atom stereocenters. The van der Waals surface area contributed by atoms with Crippen molar-refractivity contribution in [2.24, 2.45) is 0 Å². The number of para-hydroxylation sites is 1. The maximum Gasteiger partial charge on any atom is 0.340 e. The number of fused-ring (bicyclic) bond motifs is 2. The third-order valence-corrected chi connectivity index (χ3v) is 3.90. The Hall–Kier alpha value is -1.94. The van der Waals surface area contributed by atoms with E-state index in [2.05, 4.69) is 0 Å². The lowest BCUT2D eigenvalue weighted by Gasteiger charge is -2.39. The summed E-state index contributed by atoms with van der Waals surface area (Å²) in [7, 11) is 0. The maximum atomic E-state index is 12.5. The molecule has 0 amide bonds. The van der Waals surface area contributed by atoms with Gasteiger partial charge in [-0.25, -0.2) is 4.79 Å². The molecule has 1 atom stereocenters. The van der Waals surface area contributed by atoms with Crippen LogP contribution in [0.1, 0.15) is 18.9 Å². The molecular formula is C15H15NO3. The Bertz CT molecular complexity index is 579. The molecule has 0 fully saturated rings. The summed E-state index contributed by atoms with van der Waals surface area (Å²) >= 11 is 0. The van der Waals surface area contributed by atoms with Crippen LogP contribution in [0.15, 0.2) is 36.4 Å². The number of hydrogen-bond acceptors (Lipinski definition) is 4. The SMILES string of the molecule is CC(=O)C12CC=CCN1Cc1ccccc1OC2=O. The van der Waals surface area contributed by atoms with Crippen molar-refractivity contribution in [2.45, 2.75) is 25.4 Å². The summed E-state index contributed by atoms with van der Waals surface area (Å²) in [5, 5.41) is 0. The van der Waals surface area contributed by atoms with E-state index in [1.807, 2.05) is 35.3 Å². The molecule has 0 aromatic heterocycles. The Kier molecular flexibility index (Phi) is 2.75. The fourth-order valence-corrected chi connectivity index (χ4v) is 2.79. The van der Waals surface area contributed by atoms with E-state index >= 15 is 0 Å². The van der Waals surface area contributed by atoms with E-state index in [0.29, 0.717) is 25.3 Å². The van der Waals surface area contributed by atoms with Gasteiger partial charge in [0.05, 0.1) is 0 Å². The number of hydrogen-bond donors (Lipinski definition) is 0. The number of ether oxygens (including phenoxy) is 1. The van der Waals surface area contributed by atoms with Crippen molar-refractivity contribution in [1.29, 1.82) is 0 Å². The third kappa shape index (κ3) is 1.71. The molecule has 2 aliphatic heterocycles. The van der Waals surface area contributed by atoms with E-state index < -0.39 is 11.5 Å². The molecule has 0 N–H and O–H groups in total. The van der Waals surface area contributed by atoms with Gasteiger partial charge in [0.2, 0.25) is 0 Å². The first-order valence-corrected chi connectivity index (χ1v) is 6.36. The summed E-state index contributed by atoms with van der Waals surface area (Å²) in [4.78, 5) is 26.5. The summed E-state index contributed by atoms with van der Waals surface area (Å²) in [5.74, 6) is -0.0634. The Balaban J connectivity index is 2.12. The van der Waals surface area contributed by atoms with Crippen molar-refractivity contribution in [3.05, 3.63) is 42.0 Å². The van der Waals surface area contributed by atoms with Gasteiger partial charge in [-0.3, -0.25) is 9.69 Å². The van der Waals surface area contributed by atoms with Gasteiger partial charge in [-0.1, -0.05) is 30.4 Å². The molecule has 1 aromatic carbocycles. The van der Waals surface area contributed by atoms with Crippen molar-refractivity contribution in [3.8, 4) is 5.75 Å². The van der Waals surface area contributed by atoms with E-state index in [-0.39, 0.29) is 5.78 Å². The second-order valence-electron chi connectivity index (χ2n) is 4.97. The van der Waals surface area contributed by atoms with Gasteiger partial charge >= 0.3 is 5.97 Å². The third-order valence-electron chi connectivity index (χ3n) is 3.90. The summed E-state index contributed by atoms with van der Waals surface area (Å²) in [6.45, 7) is 2.60. The molecule has 19 heavy (non-hydrogen) atoms. The highest BCUT2D eigenvalue weighted by molar-refractivity contribution is 6.08. The number of ketones is 1. The minimum Gasteiger partial charge on any atom is -0.424 e. The number of rotatable bonds is 1. The molecule has 0 bridgehead atoms. The normalized spacial score (nSPS) is 26.1. The van der Waals surface area contributed by atoms with Crippen LogP contribution in [0.2, 0.25) is 0 Å². The monoisotopic (exact) mass is 257 g/mol. The Morgan fingerprint density at radius 3 is 2.89 bits per heavy atom. The summed E-state index contributed by atoms with van der Waals surface area (Å²) < 4.78 is 5.46. The fourth-order valence-electron chi connectivity index (χ4n) is 2.79. The first kappa shape index (κ1) is 12.1. The van der Waals surface area contributed by atoms with Gasteiger partial charge in [0.25, 0.3) is 0 Å². The Morgan fingerprint density at radius 1 is 1.32 bits per heavy atom. The quantitative estimate of drug-likeness (QED) is 0.332. The van der Waals surface area contributed by atoms with Crippen molar-refractivity contribution < 1.29 is 14.3 Å². The molecule has 0 saturated heterocycles. The highest BCUT2D eigenvalue weighted by Gasteiger charge is 2.51. The largest absolute Gasteiger partial charge is 0.424 e. The predicted molar refractivity (Wildman–Crippen MR) is 69.7 cm³/mol. The van der Waals surface area contributed by atoms with Crippen LogP contribution < -0.4 is 4.74 Å². The van der Waals surface area contributed by atoms with Crippen LogP contribution in [0.5, 0.6) is 5.75 Å². The van der Waals surface area contributed by atoms with E-state index in [9.17, 15) is 9.59 Å². The standard InChI is InChI=1S/C15H15NO3/c1-11(17)15-8-4-5-9-16(15)10-12-6-2-3-7-13(12)19-14(15)18/h2-7H,8-10H2,1H3. The molecule has 4 heteroatoms. The van der Waals surface area contributed by atoms with Crippen LogP contribution in [0.4, 0.5) is 0 Å². The van der Waals surface area contributed by atoms with E-state index in [4.69, 9.17) is 4.74 Å². The highest BCUT2D eigenvalue weighted by atomic mass is 16.5. The molecule has 1 aromatic rings. The second-order valence-corrected chi connectivity index (χ2v) is 4.97. The van der Waals surface area contributed by atoms with Crippen molar-refractivity contribution in [3.63, 3.8) is 0 Å². The highest BCUT2D eigenvalue weighted by Crippen LogP contribution is 2.35. The number of Topliss-reactive ketones (excluding diaryl/α,β-unsaturated/α-hetero) is 1. The zero-order valence-corrected chi connectivity index (χ0v) is 10.8. The lowest BCUT2D eigenvalue weighted by atomic mass is 9.86. The summed E-state index contributed by atoms with van der Waals surface area (Å²) in [6.07, 6.45) is 4.26. The minimum atomic E-state index is -1.16. The summed E-state index contributed by atoms with van der Waals surface area (Å²) in [6, 6.07) is 7.44. The van der Waals surface area contributed by atoms with Crippen LogP contribution in [0.3, 0.4) is 0 Å². The van der Waals surface area contributed by atoms with Crippen molar-refractivity contribution in [1.82, 2.24) is 4.90 Å². The number of esters is 1. The van der Waals surface area contributed by atoms with Gasteiger partial charge in [0.15, 0.2) is 11.3 Å². The van der Waals surface area contributed by atoms with Crippen LogP contribution in [-0.4, -0.2) is 28.7 Å². The van der Waals surface area contributed by atoms with Crippen LogP contribution in [0.25, 0.3) is 0 Å². The molecule has 0 saturated carbocycles.